The van der Waals surface area contributed by atoms with Gasteiger partial charge in [0.15, 0.2) is 0 Å². The number of benzene rings is 2. The van der Waals surface area contributed by atoms with Gasteiger partial charge in [-0.2, -0.15) is 0 Å². The minimum absolute atomic E-state index is 0. The van der Waals surface area contributed by atoms with Crippen molar-refractivity contribution in [1.29, 1.82) is 0 Å². The maximum Gasteiger partial charge on any atom is 0.254 e. The number of aryl methyl sites for hydroxylation is 1. The van der Waals surface area contributed by atoms with Crippen LogP contribution in [0.1, 0.15) is 54.6 Å². The van der Waals surface area contributed by atoms with Gasteiger partial charge in [-0.3, -0.25) is 9.59 Å². The molecule has 0 radical (unpaired) electrons. The maximum absolute atomic E-state index is 12.9. The number of piperidine rings is 1. The van der Waals surface area contributed by atoms with Gasteiger partial charge in [-0.15, -0.1) is 12.4 Å². The Balaban J connectivity index is 0.00000300. The fourth-order valence-corrected chi connectivity index (χ4v) is 3.67. The van der Waals surface area contributed by atoms with Crippen molar-refractivity contribution < 1.29 is 9.59 Å². The fraction of sp³-hybridized carbons (Fsp3) is 0.391. The van der Waals surface area contributed by atoms with E-state index in [-0.39, 0.29) is 30.3 Å². The Morgan fingerprint density at radius 1 is 1.14 bits per heavy atom. The Kier molecular flexibility index (Phi) is 7.44. The zero-order chi connectivity index (χ0) is 20.3. The molecule has 0 saturated carbocycles. The van der Waals surface area contributed by atoms with E-state index in [1.54, 1.807) is 19.1 Å². The standard InChI is InChI=1S/C23H29N3O2.ClH/c1-16-15-18(21(27)26-14-8-7-9-17(26)2)12-13-20(16)25-22(28)23(3,24)19-10-5-4-6-11-19;/h4-6,10-13,15,17H,7-9,14,24H2,1-3H3,(H,25,28);1H. The highest BCUT2D eigenvalue weighted by atomic mass is 35.5. The van der Waals surface area contributed by atoms with E-state index in [2.05, 4.69) is 12.2 Å². The zero-order valence-corrected chi connectivity index (χ0v) is 18.1. The largest absolute Gasteiger partial charge is 0.336 e. The third-order valence-electron chi connectivity index (χ3n) is 5.63. The van der Waals surface area contributed by atoms with Gasteiger partial charge in [-0.05, 0) is 69.4 Å². The smallest absolute Gasteiger partial charge is 0.254 e. The van der Waals surface area contributed by atoms with Crippen LogP contribution in [0.15, 0.2) is 48.5 Å². The normalized spacial score (nSPS) is 18.3. The average molecular weight is 416 g/mol. The average Bonchev–Trinajstić information content (AvgIpc) is 2.70. The lowest BCUT2D eigenvalue weighted by atomic mass is 9.92. The van der Waals surface area contributed by atoms with Gasteiger partial charge in [0.25, 0.3) is 5.91 Å². The summed E-state index contributed by atoms with van der Waals surface area (Å²) in [4.78, 5) is 27.6. The van der Waals surface area contributed by atoms with Gasteiger partial charge in [0.2, 0.25) is 5.91 Å². The number of carbonyl (C=O) groups is 2. The van der Waals surface area contributed by atoms with E-state index in [4.69, 9.17) is 5.73 Å². The number of hydrogen-bond acceptors (Lipinski definition) is 3. The van der Waals surface area contributed by atoms with E-state index in [0.29, 0.717) is 11.3 Å². The van der Waals surface area contributed by atoms with Crippen molar-refractivity contribution in [2.45, 2.75) is 51.6 Å². The van der Waals surface area contributed by atoms with Crippen LogP contribution in [0.5, 0.6) is 0 Å². The molecule has 156 valence electrons. The van der Waals surface area contributed by atoms with Crippen LogP contribution in [-0.2, 0) is 10.3 Å². The van der Waals surface area contributed by atoms with E-state index in [9.17, 15) is 9.59 Å². The molecule has 2 atom stereocenters. The summed E-state index contributed by atoms with van der Waals surface area (Å²) in [6.45, 7) is 6.50. The highest BCUT2D eigenvalue weighted by Crippen LogP contribution is 2.24. The van der Waals surface area contributed by atoms with Crippen molar-refractivity contribution in [3.63, 3.8) is 0 Å². The number of amides is 2. The van der Waals surface area contributed by atoms with Crippen LogP contribution in [0.2, 0.25) is 0 Å². The molecule has 0 spiro atoms. The zero-order valence-electron chi connectivity index (χ0n) is 17.3. The molecule has 1 saturated heterocycles. The monoisotopic (exact) mass is 415 g/mol. The predicted molar refractivity (Wildman–Crippen MR) is 119 cm³/mol. The Morgan fingerprint density at radius 2 is 1.83 bits per heavy atom. The number of nitrogens with two attached hydrogens (primary N) is 1. The van der Waals surface area contributed by atoms with Crippen LogP contribution in [0.25, 0.3) is 0 Å². The number of halogens is 1. The van der Waals surface area contributed by atoms with Crippen molar-refractivity contribution in [1.82, 2.24) is 4.90 Å². The van der Waals surface area contributed by atoms with Crippen LogP contribution in [0.4, 0.5) is 5.69 Å². The molecule has 0 aromatic heterocycles. The number of likely N-dealkylation sites (tertiary alicyclic amines) is 1. The van der Waals surface area contributed by atoms with Gasteiger partial charge < -0.3 is 16.0 Å². The fourth-order valence-electron chi connectivity index (χ4n) is 3.67. The summed E-state index contributed by atoms with van der Waals surface area (Å²) in [5.74, 6) is -0.230. The lowest BCUT2D eigenvalue weighted by Gasteiger charge is -2.33. The van der Waals surface area contributed by atoms with Crippen LogP contribution in [0.3, 0.4) is 0 Å². The molecule has 2 amide bonds. The quantitative estimate of drug-likeness (QED) is 0.783. The number of carbonyl (C=O) groups excluding carboxylic acids is 2. The first-order chi connectivity index (χ1) is 13.3. The Bertz CT molecular complexity index is 868. The van der Waals surface area contributed by atoms with Gasteiger partial charge >= 0.3 is 0 Å². The van der Waals surface area contributed by atoms with Gasteiger partial charge in [0.05, 0.1) is 0 Å². The second-order valence-electron chi connectivity index (χ2n) is 7.90. The van der Waals surface area contributed by atoms with Gasteiger partial charge in [0, 0.05) is 23.8 Å². The molecule has 5 nitrogen and oxygen atoms in total. The SMILES string of the molecule is Cc1cc(C(=O)N2CCCCC2C)ccc1NC(=O)C(C)(N)c1ccccc1.Cl. The molecule has 3 rings (SSSR count). The lowest BCUT2D eigenvalue weighted by Crippen LogP contribution is -2.45. The molecule has 1 aliphatic heterocycles. The Labute approximate surface area is 179 Å². The topological polar surface area (TPSA) is 75.4 Å². The highest BCUT2D eigenvalue weighted by molar-refractivity contribution is 6.00. The lowest BCUT2D eigenvalue weighted by molar-refractivity contribution is -0.120. The maximum atomic E-state index is 12.9. The Hall–Kier alpha value is -2.37. The number of nitrogens with one attached hydrogen (secondary N) is 1. The summed E-state index contributed by atoms with van der Waals surface area (Å²) in [5, 5.41) is 2.91. The molecule has 2 aromatic carbocycles. The van der Waals surface area contributed by atoms with Gasteiger partial charge in [-0.1, -0.05) is 30.3 Å². The van der Waals surface area contributed by atoms with E-state index >= 15 is 0 Å². The number of nitrogens with zero attached hydrogens (tertiary/aromatic N) is 1. The van der Waals surface area contributed by atoms with Crippen molar-refractivity contribution in [2.75, 3.05) is 11.9 Å². The second-order valence-corrected chi connectivity index (χ2v) is 7.90. The molecule has 3 N–H and O–H groups in total. The van der Waals surface area contributed by atoms with Gasteiger partial charge in [-0.25, -0.2) is 0 Å². The van der Waals surface area contributed by atoms with Crippen LogP contribution < -0.4 is 11.1 Å². The second kappa shape index (κ2) is 9.42. The minimum Gasteiger partial charge on any atom is -0.336 e. The van der Waals surface area contributed by atoms with Crippen LogP contribution in [-0.4, -0.2) is 29.3 Å². The van der Waals surface area contributed by atoms with E-state index < -0.39 is 5.54 Å². The number of anilines is 1. The molecule has 2 unspecified atom stereocenters. The summed E-state index contributed by atoms with van der Waals surface area (Å²) in [6, 6.07) is 15.0. The van der Waals surface area contributed by atoms with Crippen molar-refractivity contribution in [3.05, 3.63) is 65.2 Å². The highest BCUT2D eigenvalue weighted by Gasteiger charge is 2.31. The molecule has 1 fully saturated rings. The third kappa shape index (κ3) is 4.98. The molecule has 1 heterocycles. The summed E-state index contributed by atoms with van der Waals surface area (Å²) in [7, 11) is 0. The third-order valence-corrected chi connectivity index (χ3v) is 5.63. The minimum atomic E-state index is -1.15. The first-order valence-corrected chi connectivity index (χ1v) is 9.88. The molecular weight excluding hydrogens is 386 g/mol. The molecular formula is C23H30ClN3O2. The van der Waals surface area contributed by atoms with Crippen molar-refractivity contribution >= 4 is 29.9 Å². The molecule has 0 aliphatic carbocycles. The summed E-state index contributed by atoms with van der Waals surface area (Å²) < 4.78 is 0. The predicted octanol–water partition coefficient (Wildman–Crippen LogP) is 4.24. The number of rotatable bonds is 4. The summed E-state index contributed by atoms with van der Waals surface area (Å²) in [6.07, 6.45) is 3.28. The Morgan fingerprint density at radius 3 is 2.45 bits per heavy atom. The summed E-state index contributed by atoms with van der Waals surface area (Å²) in [5.41, 5.74) is 8.06. The van der Waals surface area contributed by atoms with Crippen molar-refractivity contribution in [2.24, 2.45) is 5.73 Å². The molecule has 0 bridgehead atoms. The van der Waals surface area contributed by atoms with Crippen LogP contribution in [0, 0.1) is 6.92 Å². The van der Waals surface area contributed by atoms with E-state index in [1.165, 1.54) is 6.42 Å². The first kappa shape index (κ1) is 22.9. The molecule has 6 heteroatoms. The van der Waals surface area contributed by atoms with E-state index in [0.717, 1.165) is 30.5 Å². The van der Waals surface area contributed by atoms with E-state index in [1.807, 2.05) is 48.2 Å². The molecule has 29 heavy (non-hydrogen) atoms. The summed E-state index contributed by atoms with van der Waals surface area (Å²) >= 11 is 0. The number of hydrogen-bond donors (Lipinski definition) is 2. The molecule has 2 aromatic rings. The molecule has 1 aliphatic rings. The van der Waals surface area contributed by atoms with Gasteiger partial charge in [0.1, 0.15) is 5.54 Å². The van der Waals surface area contributed by atoms with Crippen molar-refractivity contribution in [3.8, 4) is 0 Å². The van der Waals surface area contributed by atoms with Crippen LogP contribution >= 0.6 is 12.4 Å². The first-order valence-electron chi connectivity index (χ1n) is 9.88.